The number of esters is 2. The van der Waals surface area contributed by atoms with Crippen molar-refractivity contribution < 1.29 is 23.5 Å². The van der Waals surface area contributed by atoms with E-state index in [-0.39, 0.29) is 13.0 Å². The Kier molecular flexibility index (Phi) is 3.09. The van der Waals surface area contributed by atoms with E-state index < -0.39 is 11.9 Å². The van der Waals surface area contributed by atoms with E-state index in [0.717, 1.165) is 6.08 Å². The van der Waals surface area contributed by atoms with E-state index in [1.165, 1.54) is 0 Å². The van der Waals surface area contributed by atoms with Crippen LogP contribution in [0.3, 0.4) is 0 Å². The van der Waals surface area contributed by atoms with Gasteiger partial charge in [0.1, 0.15) is 12.2 Å². The molecule has 2 rings (SSSR count). The molecule has 0 aliphatic carbocycles. The Labute approximate surface area is 96.9 Å². The first-order valence-electron chi connectivity index (χ1n) is 5.01. The molecule has 88 valence electrons. The van der Waals surface area contributed by atoms with Crippen LogP contribution in [0.5, 0.6) is 5.75 Å². The van der Waals surface area contributed by atoms with Crippen LogP contribution >= 0.6 is 0 Å². The van der Waals surface area contributed by atoms with Gasteiger partial charge in [-0.2, -0.15) is 0 Å². The maximum absolute atomic E-state index is 11.4. The van der Waals surface area contributed by atoms with Crippen LogP contribution in [0.2, 0.25) is 0 Å². The molecule has 0 atom stereocenters. The van der Waals surface area contributed by atoms with Gasteiger partial charge in [0.05, 0.1) is 6.42 Å². The zero-order chi connectivity index (χ0) is 12.3. The minimum absolute atomic E-state index is 0.0107. The van der Waals surface area contributed by atoms with Crippen molar-refractivity contribution in [2.45, 2.75) is 6.42 Å². The largest absolute Gasteiger partial charge is 0.462 e. The van der Waals surface area contributed by atoms with E-state index in [1.54, 1.807) is 18.2 Å². The highest BCUT2D eigenvalue weighted by Gasteiger charge is 2.12. The molecular weight excluding hydrogens is 224 g/mol. The quantitative estimate of drug-likeness (QED) is 0.449. The fourth-order valence-corrected chi connectivity index (χ4v) is 1.31. The highest BCUT2D eigenvalue weighted by atomic mass is 16.6. The molecule has 2 heterocycles. The molecular formula is C12H10O5. The van der Waals surface area contributed by atoms with Gasteiger partial charge in [-0.1, -0.05) is 6.58 Å². The normalized spacial score (nSPS) is 10.4. The van der Waals surface area contributed by atoms with Crippen LogP contribution in [0.4, 0.5) is 0 Å². The molecule has 0 N–H and O–H groups in total. The smallest absolute Gasteiger partial charge is 0.330 e. The molecule has 5 heteroatoms. The molecule has 0 aliphatic heterocycles. The molecule has 0 saturated heterocycles. The Morgan fingerprint density at radius 3 is 2.82 bits per heavy atom. The van der Waals surface area contributed by atoms with Crippen LogP contribution in [-0.4, -0.2) is 18.5 Å². The number of hydrogen-bond donors (Lipinski definition) is 0. The third kappa shape index (κ3) is 2.63. The molecule has 0 saturated carbocycles. The van der Waals surface area contributed by atoms with Crippen LogP contribution < -0.4 is 4.74 Å². The van der Waals surface area contributed by atoms with Crippen molar-refractivity contribution >= 4 is 23.1 Å². The summed E-state index contributed by atoms with van der Waals surface area (Å²) < 4.78 is 14.9. The highest BCUT2D eigenvalue weighted by Crippen LogP contribution is 2.28. The van der Waals surface area contributed by atoms with Crippen molar-refractivity contribution in [1.29, 1.82) is 0 Å². The molecule has 5 nitrogen and oxygen atoms in total. The summed E-state index contributed by atoms with van der Waals surface area (Å²) >= 11 is 0. The molecule has 2 bridgehead atoms. The topological polar surface area (TPSA) is 65.7 Å². The maximum atomic E-state index is 11.4. The predicted molar refractivity (Wildman–Crippen MR) is 58.8 cm³/mol. The van der Waals surface area contributed by atoms with E-state index in [1.807, 2.05) is 0 Å². The monoisotopic (exact) mass is 234 g/mol. The third-order valence-corrected chi connectivity index (χ3v) is 2.08. The Morgan fingerprint density at radius 1 is 1.41 bits per heavy atom. The van der Waals surface area contributed by atoms with Gasteiger partial charge in [-0.05, 0) is 12.1 Å². The van der Waals surface area contributed by atoms with Gasteiger partial charge in [-0.25, -0.2) is 4.79 Å². The zero-order valence-electron chi connectivity index (χ0n) is 8.97. The van der Waals surface area contributed by atoms with Crippen LogP contribution in [0.15, 0.2) is 35.3 Å². The SMILES string of the molecule is C=CC(=O)OCCC(=O)Oc1cc2ccc1o2. The number of fused-ring (bicyclic) bond motifs is 2. The van der Waals surface area contributed by atoms with Gasteiger partial charge in [-0.3, -0.25) is 4.79 Å². The van der Waals surface area contributed by atoms with E-state index >= 15 is 0 Å². The van der Waals surface area contributed by atoms with Crippen molar-refractivity contribution in [1.82, 2.24) is 0 Å². The summed E-state index contributed by atoms with van der Waals surface area (Å²) in [5, 5.41) is 0. The molecule has 0 radical (unpaired) electrons. The number of carbonyl (C=O) groups is 2. The first-order valence-corrected chi connectivity index (χ1v) is 5.01. The number of rotatable bonds is 5. The van der Waals surface area contributed by atoms with E-state index in [4.69, 9.17) is 9.15 Å². The third-order valence-electron chi connectivity index (χ3n) is 2.08. The van der Waals surface area contributed by atoms with Gasteiger partial charge < -0.3 is 13.9 Å². The van der Waals surface area contributed by atoms with Crippen LogP contribution in [0.1, 0.15) is 6.42 Å². The van der Waals surface area contributed by atoms with Crippen molar-refractivity contribution in [3.05, 3.63) is 30.9 Å². The summed E-state index contributed by atoms with van der Waals surface area (Å²) in [6.45, 7) is 3.21. The van der Waals surface area contributed by atoms with Gasteiger partial charge in [0.25, 0.3) is 0 Å². The molecule has 2 aromatic rings. The number of carbonyl (C=O) groups excluding carboxylic acids is 2. The number of benzene rings is 1. The second-order valence-electron chi connectivity index (χ2n) is 3.31. The molecule has 0 spiro atoms. The minimum atomic E-state index is -0.562. The van der Waals surface area contributed by atoms with Gasteiger partial charge in [0.2, 0.25) is 0 Å². The Balaban J connectivity index is 1.79. The lowest BCUT2D eigenvalue weighted by Crippen LogP contribution is -2.12. The summed E-state index contributed by atoms with van der Waals surface area (Å²) in [5.41, 5.74) is 1.18. The van der Waals surface area contributed by atoms with Crippen molar-refractivity contribution in [3.63, 3.8) is 0 Å². The van der Waals surface area contributed by atoms with Crippen molar-refractivity contribution in [2.75, 3.05) is 6.61 Å². The second kappa shape index (κ2) is 4.69. The first kappa shape index (κ1) is 11.2. The number of hydrogen-bond acceptors (Lipinski definition) is 5. The van der Waals surface area contributed by atoms with Crippen LogP contribution in [0.25, 0.3) is 11.2 Å². The van der Waals surface area contributed by atoms with Crippen LogP contribution in [0, 0.1) is 0 Å². The molecule has 2 aromatic heterocycles. The van der Waals surface area contributed by atoms with E-state index in [0.29, 0.717) is 16.9 Å². The van der Waals surface area contributed by atoms with Crippen molar-refractivity contribution in [3.8, 4) is 5.75 Å². The van der Waals surface area contributed by atoms with Gasteiger partial charge in [0, 0.05) is 12.1 Å². The van der Waals surface area contributed by atoms with Gasteiger partial charge in [-0.15, -0.1) is 0 Å². The summed E-state index contributed by atoms with van der Waals surface area (Å²) in [4.78, 5) is 22.1. The van der Waals surface area contributed by atoms with E-state index in [2.05, 4.69) is 11.3 Å². The lowest BCUT2D eigenvalue weighted by molar-refractivity contribution is -0.141. The summed E-state index contributed by atoms with van der Waals surface area (Å²) in [6.07, 6.45) is 1.03. The average Bonchev–Trinajstić information content (AvgIpc) is 2.90. The Morgan fingerprint density at radius 2 is 2.24 bits per heavy atom. The molecule has 0 fully saturated rings. The average molecular weight is 234 g/mol. The van der Waals surface area contributed by atoms with Gasteiger partial charge in [0.15, 0.2) is 11.3 Å². The zero-order valence-corrected chi connectivity index (χ0v) is 8.97. The summed E-state index contributed by atoms with van der Waals surface area (Å²) in [6, 6.07) is 5.12. The number of furan rings is 2. The van der Waals surface area contributed by atoms with E-state index in [9.17, 15) is 9.59 Å². The fourth-order valence-electron chi connectivity index (χ4n) is 1.31. The molecule has 0 unspecified atom stereocenters. The maximum Gasteiger partial charge on any atom is 0.330 e. The Hall–Kier alpha value is -2.30. The fraction of sp³-hybridized carbons (Fsp3) is 0.167. The van der Waals surface area contributed by atoms with Crippen molar-refractivity contribution in [2.24, 2.45) is 0 Å². The first-order chi connectivity index (χ1) is 8.19. The number of ether oxygens (including phenoxy) is 2. The standard InChI is InChI=1S/C12H10O5/c1-2-11(13)15-6-5-12(14)17-10-7-8-3-4-9(10)16-8/h2-4,7H,1,5-6H2. The molecule has 0 aromatic carbocycles. The molecule has 0 aliphatic rings. The predicted octanol–water partition coefficient (Wildman–Crippen LogP) is 1.90. The Bertz CT molecular complexity index is 539. The summed E-state index contributed by atoms with van der Waals surface area (Å²) in [5.74, 6) is -0.651. The lowest BCUT2D eigenvalue weighted by Gasteiger charge is -2.02. The minimum Gasteiger partial charge on any atom is -0.462 e. The van der Waals surface area contributed by atoms with Crippen LogP contribution in [-0.2, 0) is 14.3 Å². The lowest BCUT2D eigenvalue weighted by atomic mass is 10.3. The van der Waals surface area contributed by atoms with Gasteiger partial charge >= 0.3 is 11.9 Å². The highest BCUT2D eigenvalue weighted by molar-refractivity contribution is 5.82. The summed E-state index contributed by atoms with van der Waals surface area (Å²) in [7, 11) is 0. The second-order valence-corrected chi connectivity index (χ2v) is 3.31. The molecule has 0 amide bonds. The molecule has 17 heavy (non-hydrogen) atoms.